The molecule has 0 radical (unpaired) electrons. The highest BCUT2D eigenvalue weighted by Gasteiger charge is 2.17. The molecule has 0 bridgehead atoms. The van der Waals surface area contributed by atoms with E-state index in [4.69, 9.17) is 14.7 Å². The smallest absolute Gasteiger partial charge is 0.132 e. The van der Waals surface area contributed by atoms with Crippen LogP contribution in [0.4, 0.5) is 0 Å². The molecule has 3 aromatic rings. The molecule has 39 heavy (non-hydrogen) atoms. The molecule has 0 saturated carbocycles. The minimum atomic E-state index is 0. The van der Waals surface area contributed by atoms with Gasteiger partial charge in [0.15, 0.2) is 0 Å². The van der Waals surface area contributed by atoms with Gasteiger partial charge < -0.3 is 40.8 Å². The molecule has 7 nitrogen and oxygen atoms in total. The Kier molecular flexibility index (Phi) is 25.4. The highest BCUT2D eigenvalue weighted by Crippen LogP contribution is 2.23. The van der Waals surface area contributed by atoms with Crippen molar-refractivity contribution < 1.29 is 26.5 Å². The summed E-state index contributed by atoms with van der Waals surface area (Å²) < 4.78 is 13.1. The van der Waals surface area contributed by atoms with Gasteiger partial charge in [-0.2, -0.15) is 5.26 Å². The lowest BCUT2D eigenvalue weighted by Crippen LogP contribution is -3.00. The summed E-state index contributed by atoms with van der Waals surface area (Å²) in [5, 5.41) is 16.5. The van der Waals surface area contributed by atoms with E-state index in [1.807, 2.05) is 30.1 Å². The molecule has 0 amide bonds. The van der Waals surface area contributed by atoms with Crippen molar-refractivity contribution >= 4 is 38.6 Å². The average molecular weight is 709 g/mol. The van der Waals surface area contributed by atoms with Crippen molar-refractivity contribution in [3.63, 3.8) is 0 Å². The van der Waals surface area contributed by atoms with Crippen LogP contribution in [0.5, 0.6) is 11.5 Å². The summed E-state index contributed by atoms with van der Waals surface area (Å²) in [5.41, 5.74) is 2.46. The van der Waals surface area contributed by atoms with Crippen LogP contribution in [-0.4, -0.2) is 57.7 Å². The predicted octanol–water partition coefficient (Wildman–Crippen LogP) is 4.86. The quantitative estimate of drug-likeness (QED) is 0.327. The van der Waals surface area contributed by atoms with Crippen molar-refractivity contribution in [1.82, 2.24) is 19.4 Å². The molecule has 0 fully saturated rings. The lowest BCUT2D eigenvalue weighted by molar-refractivity contribution is -0.00000966. The van der Waals surface area contributed by atoms with Gasteiger partial charge in [0, 0.05) is 73.0 Å². The van der Waals surface area contributed by atoms with Gasteiger partial charge >= 0.3 is 0 Å². The van der Waals surface area contributed by atoms with E-state index in [1.54, 1.807) is 34.9 Å². The number of alkyl halides is 1. The van der Waals surface area contributed by atoms with Gasteiger partial charge in [-0.05, 0) is 38.5 Å². The lowest BCUT2D eigenvalue weighted by Gasteiger charge is -2.26. The number of aryl methyl sites for hydroxylation is 4. The fourth-order valence-corrected chi connectivity index (χ4v) is 4.47. The summed E-state index contributed by atoms with van der Waals surface area (Å²) >= 11 is 6.66. The number of nitrogens with zero attached hydrogens (tertiary/aromatic N) is 5. The maximum absolute atomic E-state index is 7.32. The molecule has 0 saturated heterocycles. The van der Waals surface area contributed by atoms with E-state index in [2.05, 4.69) is 87.1 Å². The maximum Gasteiger partial charge on any atom is 0.132 e. The van der Waals surface area contributed by atoms with Gasteiger partial charge in [0.1, 0.15) is 23.9 Å². The van der Waals surface area contributed by atoms with Gasteiger partial charge in [-0.3, -0.25) is 0 Å². The number of ether oxygens (including phenoxy) is 2. The number of halogens is 2. The number of aromatic nitrogens is 2. The molecule has 4 rings (SSSR count). The third kappa shape index (κ3) is 16.0. The average Bonchev–Trinajstić information content (AvgIpc) is 3.63. The molecule has 0 N–H and O–H groups in total. The van der Waals surface area contributed by atoms with E-state index >= 15 is 0 Å². The third-order valence-electron chi connectivity index (χ3n) is 5.18. The van der Waals surface area contributed by atoms with Crippen molar-refractivity contribution in [3.05, 3.63) is 63.3 Å². The van der Waals surface area contributed by atoms with Crippen LogP contribution in [0.3, 0.4) is 0 Å². The zero-order valence-corrected chi connectivity index (χ0v) is 27.5. The van der Waals surface area contributed by atoms with E-state index in [9.17, 15) is 0 Å². The number of hydrogen-bond donors (Lipinski definition) is 0. The van der Waals surface area contributed by atoms with Crippen molar-refractivity contribution in [2.75, 3.05) is 32.1 Å². The van der Waals surface area contributed by atoms with E-state index in [0.717, 1.165) is 42.4 Å². The number of rotatable bonds is 7. The SMILES string of the molecule is C.C.CC#N.Cc1cscc1OCCBr.Cc1cscc1OCCN1C=CN(C)C1C.Cc1nccn1C.[Br-]. The normalized spacial score (nSPS) is 12.4. The monoisotopic (exact) mass is 706 g/mol. The van der Waals surface area contributed by atoms with Crippen LogP contribution in [0.25, 0.3) is 0 Å². The second-order valence-electron chi connectivity index (χ2n) is 7.87. The molecular weight excluding hydrogens is 662 g/mol. The first-order valence-corrected chi connectivity index (χ1v) is 14.5. The highest BCUT2D eigenvalue weighted by molar-refractivity contribution is 9.09. The lowest BCUT2D eigenvalue weighted by atomic mass is 10.4. The summed E-state index contributed by atoms with van der Waals surface area (Å²) in [6.45, 7) is 12.1. The summed E-state index contributed by atoms with van der Waals surface area (Å²) in [4.78, 5) is 8.45. The molecule has 0 spiro atoms. The Morgan fingerprint density at radius 2 is 1.49 bits per heavy atom. The standard InChI is InChI=1S/C12H18N2OS.C7H9BrOS.C5H8N2.C2H3N.2CH4.BrH/c1-10-8-16-9-12(10)15-7-6-14-5-4-13(3)11(14)2;1-6-4-10-5-7(6)9-3-2-8;1-5-6-3-4-7(5)2;1-2-3;;;/h4-5,8-9,11H,6-7H2,1-3H3;4-5H,2-3H2,1H3;3-4H,1-2H3;1H3;2*1H4;1H/p-1. The van der Waals surface area contributed by atoms with Gasteiger partial charge in [0.05, 0.1) is 25.4 Å². The van der Waals surface area contributed by atoms with Crippen LogP contribution in [0.2, 0.25) is 0 Å². The van der Waals surface area contributed by atoms with Gasteiger partial charge in [0.25, 0.3) is 0 Å². The molecule has 4 heterocycles. The minimum Gasteiger partial charge on any atom is -1.00 e. The van der Waals surface area contributed by atoms with Crippen LogP contribution in [0.15, 0.2) is 46.3 Å². The second-order valence-corrected chi connectivity index (χ2v) is 10.1. The summed E-state index contributed by atoms with van der Waals surface area (Å²) in [5.74, 6) is 3.10. The largest absolute Gasteiger partial charge is 1.00 e. The molecule has 11 heteroatoms. The zero-order chi connectivity index (χ0) is 26.9. The molecule has 1 atom stereocenters. The number of imidazole rings is 1. The molecule has 3 aromatic heterocycles. The summed E-state index contributed by atoms with van der Waals surface area (Å²) in [6, 6.07) is 1.75. The molecule has 0 aliphatic carbocycles. The van der Waals surface area contributed by atoms with Gasteiger partial charge in [-0.15, -0.1) is 22.7 Å². The number of thiophene rings is 2. The first-order chi connectivity index (χ1) is 17.2. The second kappa shape index (κ2) is 23.9. The van der Waals surface area contributed by atoms with Crippen molar-refractivity contribution in [2.45, 2.75) is 55.6 Å². The van der Waals surface area contributed by atoms with Crippen LogP contribution in [-0.2, 0) is 7.05 Å². The molecule has 1 unspecified atom stereocenters. The van der Waals surface area contributed by atoms with Crippen molar-refractivity contribution in [2.24, 2.45) is 7.05 Å². The third-order valence-corrected chi connectivity index (χ3v) is 7.19. The van der Waals surface area contributed by atoms with Crippen molar-refractivity contribution in [1.29, 1.82) is 5.26 Å². The van der Waals surface area contributed by atoms with Gasteiger partial charge in [-0.1, -0.05) is 30.8 Å². The Morgan fingerprint density at radius 1 is 0.974 bits per heavy atom. The zero-order valence-electron chi connectivity index (χ0n) is 22.6. The van der Waals surface area contributed by atoms with E-state index in [0.29, 0.717) is 6.17 Å². The topological polar surface area (TPSA) is 66.6 Å². The molecule has 1 aliphatic rings. The molecule has 1 aliphatic heterocycles. The minimum absolute atomic E-state index is 0. The van der Waals surface area contributed by atoms with E-state index in [1.165, 1.54) is 18.1 Å². The molecular formula is C28H46Br2N5O2S2-. The van der Waals surface area contributed by atoms with E-state index in [-0.39, 0.29) is 31.8 Å². The van der Waals surface area contributed by atoms with Gasteiger partial charge in [-0.25, -0.2) is 4.98 Å². The number of hydrogen-bond acceptors (Lipinski definition) is 8. The Labute approximate surface area is 264 Å². The van der Waals surface area contributed by atoms with Crippen LogP contribution in [0, 0.1) is 32.1 Å². The molecule has 222 valence electrons. The van der Waals surface area contributed by atoms with Crippen LogP contribution in [0.1, 0.15) is 45.7 Å². The van der Waals surface area contributed by atoms with Crippen molar-refractivity contribution in [3.8, 4) is 17.6 Å². The first-order valence-electron chi connectivity index (χ1n) is 11.5. The fourth-order valence-electron chi connectivity index (χ4n) is 2.78. The van der Waals surface area contributed by atoms with Gasteiger partial charge in [0.2, 0.25) is 0 Å². The fraction of sp³-hybridized carbons (Fsp3) is 0.500. The Bertz CT molecular complexity index is 1050. The van der Waals surface area contributed by atoms with Crippen LogP contribution >= 0.6 is 38.6 Å². The Balaban J connectivity index is -0.000000489. The predicted molar refractivity (Wildman–Crippen MR) is 169 cm³/mol. The van der Waals surface area contributed by atoms with E-state index < -0.39 is 0 Å². The molecule has 0 aromatic carbocycles. The summed E-state index contributed by atoms with van der Waals surface area (Å²) in [6.07, 6.45) is 8.37. The Morgan fingerprint density at radius 3 is 1.79 bits per heavy atom. The first kappa shape index (κ1) is 41.5. The number of nitriles is 1. The summed E-state index contributed by atoms with van der Waals surface area (Å²) in [7, 11) is 4.06. The van der Waals surface area contributed by atoms with Crippen LogP contribution < -0.4 is 26.5 Å². The highest BCUT2D eigenvalue weighted by atomic mass is 79.9. The maximum atomic E-state index is 7.32. The Hall–Kier alpha value is -2.00.